The Hall–Kier alpha value is -3.88. The lowest BCUT2D eigenvalue weighted by atomic mass is 9.97. The summed E-state index contributed by atoms with van der Waals surface area (Å²) in [7, 11) is 0. The van der Waals surface area contributed by atoms with Gasteiger partial charge in [0.15, 0.2) is 0 Å². The summed E-state index contributed by atoms with van der Waals surface area (Å²) in [5.41, 5.74) is 0.962. The Balaban J connectivity index is 2.02. The molecule has 1 fully saturated rings. The molecule has 2 aromatic rings. The van der Waals surface area contributed by atoms with Gasteiger partial charge in [0.1, 0.15) is 29.3 Å². The van der Waals surface area contributed by atoms with Crippen LogP contribution in [0.1, 0.15) is 97.4 Å². The van der Waals surface area contributed by atoms with Crippen molar-refractivity contribution >= 4 is 23.9 Å². The molecule has 246 valence electrons. The molecule has 0 spiro atoms. The summed E-state index contributed by atoms with van der Waals surface area (Å²) in [5.74, 6) is -1.35. The maximum Gasteiger partial charge on any atom is 0.408 e. The monoisotopic (exact) mass is 621 g/mol. The number of hydrogen-bond donors (Lipinski definition) is 2. The van der Waals surface area contributed by atoms with E-state index in [2.05, 4.69) is 10.6 Å². The number of hydrogen-bond acceptors (Lipinski definition) is 6. The minimum Gasteiger partial charge on any atom is -0.458 e. The maximum atomic E-state index is 14.4. The predicted octanol–water partition coefficient (Wildman–Crippen LogP) is 6.04. The van der Waals surface area contributed by atoms with Crippen molar-refractivity contribution in [1.29, 1.82) is 0 Å². The smallest absolute Gasteiger partial charge is 0.408 e. The molecule has 9 heteroatoms. The van der Waals surface area contributed by atoms with Crippen LogP contribution in [0.2, 0.25) is 0 Å². The van der Waals surface area contributed by atoms with Crippen LogP contribution in [0.3, 0.4) is 0 Å². The van der Waals surface area contributed by atoms with E-state index in [9.17, 15) is 19.2 Å². The summed E-state index contributed by atoms with van der Waals surface area (Å²) < 4.78 is 11.2. The molecule has 0 saturated heterocycles. The van der Waals surface area contributed by atoms with Crippen LogP contribution < -0.4 is 10.6 Å². The molecule has 1 saturated carbocycles. The third kappa shape index (κ3) is 11.5. The van der Waals surface area contributed by atoms with E-state index in [0.29, 0.717) is 12.0 Å². The summed E-state index contributed by atoms with van der Waals surface area (Å²) in [6.07, 6.45) is 1.33. The fourth-order valence-corrected chi connectivity index (χ4v) is 5.05. The van der Waals surface area contributed by atoms with Gasteiger partial charge in [0, 0.05) is 12.5 Å². The standard InChI is InChI=1S/C36H51N3O6/c1-23(2)21-28(38-34(43)45-36(7,8)9)32(41)39(27-19-20-27)30(26-17-15-24(3)16-18-26)31(40)37-29(33(42)44-35(4,5)6)22-25-13-11-10-12-14-25/h10-18,23,27-30H,19-22H2,1-9H3,(H,37,40)(H,38,43). The van der Waals surface area contributed by atoms with Crippen molar-refractivity contribution in [2.45, 2.75) is 123 Å². The van der Waals surface area contributed by atoms with Crippen LogP contribution in [0.5, 0.6) is 0 Å². The fourth-order valence-electron chi connectivity index (χ4n) is 5.05. The first kappa shape index (κ1) is 35.6. The second kappa shape index (κ2) is 14.9. The van der Waals surface area contributed by atoms with Crippen LogP contribution in [0, 0.1) is 12.8 Å². The molecule has 3 atom stereocenters. The second-order valence-electron chi connectivity index (χ2n) is 14.4. The van der Waals surface area contributed by atoms with Crippen LogP contribution >= 0.6 is 0 Å². The van der Waals surface area contributed by atoms with Gasteiger partial charge < -0.3 is 25.0 Å². The van der Waals surface area contributed by atoms with Crippen molar-refractivity contribution in [3.8, 4) is 0 Å². The van der Waals surface area contributed by atoms with E-state index >= 15 is 0 Å². The molecule has 1 aliphatic carbocycles. The van der Waals surface area contributed by atoms with Gasteiger partial charge in [-0.3, -0.25) is 9.59 Å². The number of benzene rings is 2. The Kier molecular flexibility index (Phi) is 11.8. The number of aryl methyl sites for hydroxylation is 1. The highest BCUT2D eigenvalue weighted by molar-refractivity contribution is 5.94. The van der Waals surface area contributed by atoms with Gasteiger partial charge in [-0.2, -0.15) is 0 Å². The first-order valence-electron chi connectivity index (χ1n) is 15.9. The summed E-state index contributed by atoms with van der Waals surface area (Å²) in [5, 5.41) is 5.73. The normalized spacial score (nSPS) is 15.4. The highest BCUT2D eigenvalue weighted by atomic mass is 16.6. The van der Waals surface area contributed by atoms with Crippen LogP contribution in [0.25, 0.3) is 0 Å². The molecule has 0 aliphatic heterocycles. The average molecular weight is 622 g/mol. The van der Waals surface area contributed by atoms with Crippen LogP contribution in [-0.4, -0.2) is 58.1 Å². The quantitative estimate of drug-likeness (QED) is 0.280. The maximum absolute atomic E-state index is 14.4. The molecule has 3 amide bonds. The Morgan fingerprint density at radius 2 is 1.40 bits per heavy atom. The number of nitrogens with zero attached hydrogens (tertiary/aromatic N) is 1. The van der Waals surface area contributed by atoms with E-state index in [1.54, 1.807) is 46.4 Å². The van der Waals surface area contributed by atoms with E-state index in [1.807, 2.05) is 75.4 Å². The number of nitrogens with one attached hydrogen (secondary N) is 2. The van der Waals surface area contributed by atoms with Crippen molar-refractivity contribution in [1.82, 2.24) is 15.5 Å². The average Bonchev–Trinajstić information content (AvgIpc) is 3.75. The lowest BCUT2D eigenvalue weighted by molar-refractivity contribution is -0.159. The van der Waals surface area contributed by atoms with Crippen LogP contribution in [0.15, 0.2) is 54.6 Å². The lowest BCUT2D eigenvalue weighted by Gasteiger charge is -2.36. The van der Waals surface area contributed by atoms with Gasteiger partial charge in [0.2, 0.25) is 11.8 Å². The number of esters is 1. The van der Waals surface area contributed by atoms with Gasteiger partial charge in [-0.1, -0.05) is 74.0 Å². The molecule has 0 heterocycles. The van der Waals surface area contributed by atoms with E-state index in [-0.39, 0.29) is 24.3 Å². The van der Waals surface area contributed by atoms with Crippen molar-refractivity contribution < 1.29 is 28.7 Å². The zero-order valence-corrected chi connectivity index (χ0v) is 28.3. The highest BCUT2D eigenvalue weighted by Crippen LogP contribution is 2.36. The fraction of sp³-hybridized carbons (Fsp3) is 0.556. The third-order valence-electron chi connectivity index (χ3n) is 7.10. The molecule has 3 rings (SSSR count). The first-order chi connectivity index (χ1) is 20.9. The number of carbonyl (C=O) groups is 4. The summed E-state index contributed by atoms with van der Waals surface area (Å²) in [4.78, 5) is 56.7. The van der Waals surface area contributed by atoms with E-state index in [4.69, 9.17) is 9.47 Å². The zero-order chi connectivity index (χ0) is 33.5. The van der Waals surface area contributed by atoms with Gasteiger partial charge in [-0.05, 0) is 84.8 Å². The third-order valence-corrected chi connectivity index (χ3v) is 7.10. The zero-order valence-electron chi connectivity index (χ0n) is 28.3. The molecule has 3 unspecified atom stereocenters. The van der Waals surface area contributed by atoms with Crippen molar-refractivity contribution in [3.05, 3.63) is 71.3 Å². The molecule has 2 aromatic carbocycles. The number of carbonyl (C=O) groups excluding carboxylic acids is 4. The first-order valence-corrected chi connectivity index (χ1v) is 15.9. The Morgan fingerprint density at radius 3 is 1.91 bits per heavy atom. The molecule has 45 heavy (non-hydrogen) atoms. The number of alkyl carbamates (subject to hydrolysis) is 1. The van der Waals surface area contributed by atoms with Gasteiger partial charge in [-0.25, -0.2) is 9.59 Å². The van der Waals surface area contributed by atoms with Gasteiger partial charge >= 0.3 is 12.1 Å². The molecule has 9 nitrogen and oxygen atoms in total. The predicted molar refractivity (Wildman–Crippen MR) is 174 cm³/mol. The number of ether oxygens (including phenoxy) is 2. The minimum atomic E-state index is -1.04. The summed E-state index contributed by atoms with van der Waals surface area (Å²) in [6.45, 7) is 16.5. The SMILES string of the molecule is Cc1ccc(C(C(=O)NC(Cc2ccccc2)C(=O)OC(C)(C)C)N(C(=O)C(CC(C)C)NC(=O)OC(C)(C)C)C2CC2)cc1. The molecule has 0 radical (unpaired) electrons. The lowest BCUT2D eigenvalue weighted by Crippen LogP contribution is -2.55. The number of amides is 3. The van der Waals surface area contributed by atoms with E-state index in [1.165, 1.54) is 0 Å². The molecular weight excluding hydrogens is 570 g/mol. The summed E-state index contributed by atoms with van der Waals surface area (Å²) in [6, 6.07) is 13.7. The van der Waals surface area contributed by atoms with Crippen molar-refractivity contribution in [2.24, 2.45) is 5.92 Å². The van der Waals surface area contributed by atoms with Crippen molar-refractivity contribution in [2.75, 3.05) is 0 Å². The van der Waals surface area contributed by atoms with E-state index in [0.717, 1.165) is 24.0 Å². The molecular formula is C36H51N3O6. The molecule has 1 aliphatic rings. The second-order valence-corrected chi connectivity index (χ2v) is 14.4. The molecule has 0 bridgehead atoms. The van der Waals surface area contributed by atoms with Gasteiger partial charge in [0.25, 0.3) is 0 Å². The highest BCUT2D eigenvalue weighted by Gasteiger charge is 2.45. The molecule has 0 aromatic heterocycles. The largest absolute Gasteiger partial charge is 0.458 e. The van der Waals surface area contributed by atoms with Gasteiger partial charge in [0.05, 0.1) is 0 Å². The Morgan fingerprint density at radius 1 is 0.822 bits per heavy atom. The topological polar surface area (TPSA) is 114 Å². The van der Waals surface area contributed by atoms with Crippen LogP contribution in [-0.2, 0) is 30.3 Å². The minimum absolute atomic E-state index is 0.0732. The Bertz CT molecular complexity index is 1310. The van der Waals surface area contributed by atoms with Gasteiger partial charge in [-0.15, -0.1) is 0 Å². The van der Waals surface area contributed by atoms with Crippen LogP contribution in [0.4, 0.5) is 4.79 Å². The van der Waals surface area contributed by atoms with E-state index < -0.39 is 47.3 Å². The Labute approximate surface area is 268 Å². The number of rotatable bonds is 12. The molecule has 2 N–H and O–H groups in total. The summed E-state index contributed by atoms with van der Waals surface area (Å²) >= 11 is 0. The van der Waals surface area contributed by atoms with Crippen molar-refractivity contribution in [3.63, 3.8) is 0 Å².